The van der Waals surface area contributed by atoms with E-state index in [1.165, 1.54) is 22.3 Å². The van der Waals surface area contributed by atoms with Crippen LogP contribution >= 0.6 is 0 Å². The van der Waals surface area contributed by atoms with Gasteiger partial charge in [-0.2, -0.15) is 0 Å². The van der Waals surface area contributed by atoms with Crippen LogP contribution < -0.4 is 10.1 Å². The van der Waals surface area contributed by atoms with E-state index in [0.29, 0.717) is 0 Å². The van der Waals surface area contributed by atoms with E-state index in [-0.39, 0.29) is 18.6 Å². The Kier molecular flexibility index (Phi) is 6.02. The first-order chi connectivity index (χ1) is 11.4. The molecule has 2 rings (SSSR count). The van der Waals surface area contributed by atoms with Crippen LogP contribution in [0.1, 0.15) is 47.2 Å². The molecule has 0 bridgehead atoms. The van der Waals surface area contributed by atoms with E-state index < -0.39 is 0 Å². The van der Waals surface area contributed by atoms with Gasteiger partial charge in [-0.3, -0.25) is 4.79 Å². The van der Waals surface area contributed by atoms with Crippen LogP contribution in [-0.2, 0) is 4.79 Å². The summed E-state index contributed by atoms with van der Waals surface area (Å²) in [5.74, 6) is 0.632. The number of rotatable bonds is 6. The van der Waals surface area contributed by atoms with Crippen LogP contribution in [0.5, 0.6) is 5.75 Å². The van der Waals surface area contributed by atoms with Gasteiger partial charge in [0.1, 0.15) is 5.75 Å². The van der Waals surface area contributed by atoms with Crippen molar-refractivity contribution in [3.8, 4) is 5.75 Å². The van der Waals surface area contributed by atoms with Crippen molar-refractivity contribution in [2.45, 2.75) is 47.1 Å². The summed E-state index contributed by atoms with van der Waals surface area (Å²) in [7, 11) is 0. The van der Waals surface area contributed by atoms with Gasteiger partial charge in [0.2, 0.25) is 0 Å². The van der Waals surface area contributed by atoms with Crippen molar-refractivity contribution in [2.24, 2.45) is 0 Å². The smallest absolute Gasteiger partial charge is 0.258 e. The Morgan fingerprint density at radius 3 is 2.38 bits per heavy atom. The molecule has 1 N–H and O–H groups in total. The molecular weight excluding hydrogens is 298 g/mol. The Labute approximate surface area is 145 Å². The molecule has 0 radical (unpaired) electrons. The Balaban J connectivity index is 1.97. The number of benzene rings is 2. The molecule has 3 heteroatoms. The molecule has 0 aliphatic heterocycles. The molecule has 0 spiro atoms. The van der Waals surface area contributed by atoms with E-state index in [2.05, 4.69) is 51.2 Å². The van der Waals surface area contributed by atoms with Gasteiger partial charge in [0, 0.05) is 0 Å². The fourth-order valence-electron chi connectivity index (χ4n) is 2.80. The lowest BCUT2D eigenvalue weighted by Crippen LogP contribution is -2.32. The van der Waals surface area contributed by atoms with Gasteiger partial charge in [-0.15, -0.1) is 0 Å². The van der Waals surface area contributed by atoms with Crippen LogP contribution in [0, 0.1) is 27.7 Å². The highest BCUT2D eigenvalue weighted by molar-refractivity contribution is 5.78. The zero-order chi connectivity index (χ0) is 17.7. The molecule has 0 heterocycles. The van der Waals surface area contributed by atoms with Gasteiger partial charge in [-0.05, 0) is 68.5 Å². The first-order valence-electron chi connectivity index (χ1n) is 8.47. The monoisotopic (exact) mass is 325 g/mol. The molecule has 0 aliphatic rings. The zero-order valence-corrected chi connectivity index (χ0v) is 15.3. The van der Waals surface area contributed by atoms with Crippen LogP contribution in [0.25, 0.3) is 0 Å². The normalized spacial score (nSPS) is 11.9. The fraction of sp³-hybridized carbons (Fsp3) is 0.381. The van der Waals surface area contributed by atoms with Gasteiger partial charge >= 0.3 is 0 Å². The maximum atomic E-state index is 12.3. The fourth-order valence-corrected chi connectivity index (χ4v) is 2.80. The Morgan fingerprint density at radius 2 is 1.75 bits per heavy atom. The van der Waals surface area contributed by atoms with Crippen molar-refractivity contribution in [1.82, 2.24) is 5.32 Å². The van der Waals surface area contributed by atoms with Crippen molar-refractivity contribution in [2.75, 3.05) is 6.61 Å². The summed E-state index contributed by atoms with van der Waals surface area (Å²) in [5, 5.41) is 3.08. The van der Waals surface area contributed by atoms with Gasteiger partial charge in [0.25, 0.3) is 5.91 Å². The summed E-state index contributed by atoms with van der Waals surface area (Å²) in [6.45, 7) is 10.4. The number of amides is 1. The lowest BCUT2D eigenvalue weighted by molar-refractivity contribution is -0.123. The van der Waals surface area contributed by atoms with Gasteiger partial charge < -0.3 is 10.1 Å². The highest BCUT2D eigenvalue weighted by Gasteiger charge is 2.15. The van der Waals surface area contributed by atoms with Gasteiger partial charge in [0.15, 0.2) is 6.61 Å². The molecule has 0 fully saturated rings. The second kappa shape index (κ2) is 8.00. The van der Waals surface area contributed by atoms with E-state index >= 15 is 0 Å². The number of hydrogen-bond acceptors (Lipinski definition) is 2. The van der Waals surface area contributed by atoms with Crippen LogP contribution in [0.15, 0.2) is 36.4 Å². The number of carbonyl (C=O) groups excluding carboxylic acids is 1. The van der Waals surface area contributed by atoms with Crippen LogP contribution in [0.2, 0.25) is 0 Å². The van der Waals surface area contributed by atoms with E-state index in [1.807, 2.05) is 25.1 Å². The lowest BCUT2D eigenvalue weighted by Gasteiger charge is -2.20. The van der Waals surface area contributed by atoms with Crippen LogP contribution in [-0.4, -0.2) is 12.5 Å². The molecule has 2 aromatic rings. The summed E-state index contributed by atoms with van der Waals surface area (Å²) < 4.78 is 5.62. The van der Waals surface area contributed by atoms with Crippen molar-refractivity contribution >= 4 is 5.91 Å². The highest BCUT2D eigenvalue weighted by atomic mass is 16.5. The first kappa shape index (κ1) is 18.1. The van der Waals surface area contributed by atoms with Crippen LogP contribution in [0.4, 0.5) is 0 Å². The van der Waals surface area contributed by atoms with Crippen LogP contribution in [0.3, 0.4) is 0 Å². The number of ether oxygens (including phenoxy) is 1. The van der Waals surface area contributed by atoms with E-state index in [1.54, 1.807) is 0 Å². The highest BCUT2D eigenvalue weighted by Crippen LogP contribution is 2.22. The lowest BCUT2D eigenvalue weighted by atomic mass is 9.97. The predicted octanol–water partition coefficient (Wildman–Crippen LogP) is 4.57. The number of aryl methyl sites for hydroxylation is 4. The third-order valence-electron chi connectivity index (χ3n) is 4.39. The number of hydrogen-bond donors (Lipinski definition) is 1. The minimum Gasteiger partial charge on any atom is -0.484 e. The average Bonchev–Trinajstić information content (AvgIpc) is 2.54. The zero-order valence-electron chi connectivity index (χ0n) is 15.3. The van der Waals surface area contributed by atoms with Gasteiger partial charge in [0.05, 0.1) is 6.04 Å². The Bertz CT molecular complexity index is 722. The molecule has 0 unspecified atom stereocenters. The largest absolute Gasteiger partial charge is 0.484 e. The summed E-state index contributed by atoms with van der Waals surface area (Å²) >= 11 is 0. The quantitative estimate of drug-likeness (QED) is 0.845. The topological polar surface area (TPSA) is 38.3 Å². The second-order valence-electron chi connectivity index (χ2n) is 6.42. The molecule has 0 saturated carbocycles. The summed E-state index contributed by atoms with van der Waals surface area (Å²) in [6.07, 6.45) is 0.847. The predicted molar refractivity (Wildman–Crippen MR) is 98.5 cm³/mol. The molecule has 0 aromatic heterocycles. The number of carbonyl (C=O) groups is 1. The van der Waals surface area contributed by atoms with E-state index in [9.17, 15) is 4.79 Å². The molecule has 3 nitrogen and oxygen atoms in total. The van der Waals surface area contributed by atoms with Crippen molar-refractivity contribution < 1.29 is 9.53 Å². The SMILES string of the molecule is CC[C@H](NC(=O)COc1ccc(C)c(C)c1)c1ccc(C)cc1C. The summed E-state index contributed by atoms with van der Waals surface area (Å²) in [4.78, 5) is 12.3. The molecule has 0 aliphatic carbocycles. The van der Waals surface area contributed by atoms with E-state index in [4.69, 9.17) is 4.74 Å². The molecule has 24 heavy (non-hydrogen) atoms. The molecular formula is C21H27NO2. The maximum Gasteiger partial charge on any atom is 0.258 e. The van der Waals surface area contributed by atoms with Gasteiger partial charge in [-0.1, -0.05) is 36.8 Å². The molecule has 128 valence electrons. The Hall–Kier alpha value is -2.29. The molecule has 2 aromatic carbocycles. The Morgan fingerprint density at radius 1 is 1.00 bits per heavy atom. The molecule has 1 atom stereocenters. The summed E-state index contributed by atoms with van der Waals surface area (Å²) in [6, 6.07) is 12.2. The third-order valence-corrected chi connectivity index (χ3v) is 4.39. The minimum absolute atomic E-state index is 0.0152. The average molecular weight is 325 g/mol. The first-order valence-corrected chi connectivity index (χ1v) is 8.47. The minimum atomic E-state index is -0.0972. The maximum absolute atomic E-state index is 12.3. The van der Waals surface area contributed by atoms with E-state index in [0.717, 1.165) is 17.7 Å². The molecule has 0 saturated heterocycles. The van der Waals surface area contributed by atoms with Crippen molar-refractivity contribution in [3.63, 3.8) is 0 Å². The van der Waals surface area contributed by atoms with Crippen molar-refractivity contribution in [3.05, 3.63) is 64.2 Å². The third kappa shape index (κ3) is 4.60. The number of nitrogens with one attached hydrogen (secondary N) is 1. The second-order valence-corrected chi connectivity index (χ2v) is 6.42. The van der Waals surface area contributed by atoms with Crippen molar-refractivity contribution in [1.29, 1.82) is 0 Å². The summed E-state index contributed by atoms with van der Waals surface area (Å²) in [5.41, 5.74) is 5.98. The molecule has 1 amide bonds. The van der Waals surface area contributed by atoms with Gasteiger partial charge in [-0.25, -0.2) is 0 Å². The standard InChI is InChI=1S/C21H27NO2/c1-6-20(19-10-7-14(2)11-17(19)5)22-21(23)13-24-18-9-8-15(3)16(4)12-18/h7-12,20H,6,13H2,1-5H3,(H,22,23)/t20-/m0/s1.